The molecule has 0 aromatic carbocycles. The lowest BCUT2D eigenvalue weighted by molar-refractivity contribution is 0.491. The van der Waals surface area contributed by atoms with Crippen LogP contribution in [0, 0.1) is 5.92 Å². The maximum atomic E-state index is 5.94. The number of aryl methyl sites for hydroxylation is 1. The number of rotatable bonds is 5. The summed E-state index contributed by atoms with van der Waals surface area (Å²) in [6, 6.07) is 4.33. The van der Waals surface area contributed by atoms with Gasteiger partial charge in [0.15, 0.2) is 0 Å². The first-order valence-electron chi connectivity index (χ1n) is 4.85. The highest BCUT2D eigenvalue weighted by Gasteiger charge is 2.06. The van der Waals surface area contributed by atoms with E-state index >= 15 is 0 Å². The largest absolute Gasteiger partial charge is 0.149 e. The second-order valence-electron chi connectivity index (χ2n) is 3.74. The Morgan fingerprint density at radius 3 is 2.77 bits per heavy atom. The van der Waals surface area contributed by atoms with Gasteiger partial charge in [0, 0.05) is 10.3 Å². The molecule has 0 saturated heterocycles. The van der Waals surface area contributed by atoms with Crippen LogP contribution in [0.25, 0.3) is 0 Å². The van der Waals surface area contributed by atoms with Crippen molar-refractivity contribution in [2.75, 3.05) is 0 Å². The van der Waals surface area contributed by atoms with Crippen molar-refractivity contribution < 1.29 is 0 Å². The van der Waals surface area contributed by atoms with Gasteiger partial charge in [-0.05, 0) is 43.6 Å². The first-order valence-corrected chi connectivity index (χ1v) is 6.16. The smallest absolute Gasteiger partial charge is 0.0310 e. The van der Waals surface area contributed by atoms with Crippen LogP contribution in [0.3, 0.4) is 0 Å². The van der Waals surface area contributed by atoms with Gasteiger partial charge in [-0.2, -0.15) is 0 Å². The average molecular weight is 217 g/mol. The van der Waals surface area contributed by atoms with Crippen LogP contribution in [0.2, 0.25) is 0 Å². The minimum absolute atomic E-state index is 0.318. The van der Waals surface area contributed by atoms with E-state index in [1.165, 1.54) is 17.7 Å². The Kier molecular flexibility index (Phi) is 4.82. The van der Waals surface area contributed by atoms with Crippen molar-refractivity contribution in [3.8, 4) is 0 Å². The molecule has 74 valence electrons. The highest BCUT2D eigenvalue weighted by molar-refractivity contribution is 7.09. The van der Waals surface area contributed by atoms with E-state index in [0.717, 1.165) is 12.3 Å². The van der Waals surface area contributed by atoms with Gasteiger partial charge in [-0.25, -0.2) is 0 Å². The quantitative estimate of drug-likeness (QED) is 0.643. The number of thiophene rings is 1. The predicted molar refractivity (Wildman–Crippen MR) is 61.7 cm³/mol. The molecular formula is C11H17ClS. The van der Waals surface area contributed by atoms with E-state index in [9.17, 15) is 0 Å². The fourth-order valence-corrected chi connectivity index (χ4v) is 2.54. The zero-order chi connectivity index (χ0) is 9.68. The molecule has 0 fully saturated rings. The minimum atomic E-state index is 0.318. The van der Waals surface area contributed by atoms with Gasteiger partial charge in [-0.3, -0.25) is 0 Å². The van der Waals surface area contributed by atoms with Crippen LogP contribution < -0.4 is 0 Å². The standard InChI is InChI=1S/C11H17ClS/c1-9(8-10(2)12)5-6-11-4-3-7-13-11/h3-4,7,9-10H,5-6,8H2,1-2H3. The van der Waals surface area contributed by atoms with Gasteiger partial charge >= 0.3 is 0 Å². The maximum Gasteiger partial charge on any atom is 0.0310 e. The maximum absolute atomic E-state index is 5.94. The van der Waals surface area contributed by atoms with Crippen molar-refractivity contribution in [1.29, 1.82) is 0 Å². The third kappa shape index (κ3) is 4.68. The molecule has 0 saturated carbocycles. The zero-order valence-electron chi connectivity index (χ0n) is 8.29. The molecule has 0 aliphatic carbocycles. The average Bonchev–Trinajstić information content (AvgIpc) is 2.51. The summed E-state index contributed by atoms with van der Waals surface area (Å²) in [5, 5.41) is 2.46. The second-order valence-corrected chi connectivity index (χ2v) is 5.52. The van der Waals surface area contributed by atoms with Crippen LogP contribution in [0.5, 0.6) is 0 Å². The molecule has 2 heteroatoms. The first kappa shape index (κ1) is 11.1. The summed E-state index contributed by atoms with van der Waals surface area (Å²) in [7, 11) is 0. The van der Waals surface area contributed by atoms with Gasteiger partial charge in [0.2, 0.25) is 0 Å². The molecule has 2 unspecified atom stereocenters. The molecule has 0 aliphatic rings. The monoisotopic (exact) mass is 216 g/mol. The van der Waals surface area contributed by atoms with E-state index < -0.39 is 0 Å². The lowest BCUT2D eigenvalue weighted by atomic mass is 10.00. The van der Waals surface area contributed by atoms with Crippen LogP contribution in [0.1, 0.15) is 31.6 Å². The van der Waals surface area contributed by atoms with E-state index in [0.29, 0.717) is 5.38 Å². The van der Waals surface area contributed by atoms with Crippen molar-refractivity contribution in [2.45, 2.75) is 38.5 Å². The molecule has 0 nitrogen and oxygen atoms in total. The Bertz CT molecular complexity index is 216. The van der Waals surface area contributed by atoms with E-state index in [4.69, 9.17) is 11.6 Å². The number of hydrogen-bond donors (Lipinski definition) is 0. The van der Waals surface area contributed by atoms with E-state index in [1.54, 1.807) is 0 Å². The minimum Gasteiger partial charge on any atom is -0.149 e. The summed E-state index contributed by atoms with van der Waals surface area (Å²) < 4.78 is 0. The lowest BCUT2D eigenvalue weighted by Gasteiger charge is -2.11. The van der Waals surface area contributed by atoms with Gasteiger partial charge in [0.05, 0.1) is 0 Å². The van der Waals surface area contributed by atoms with Gasteiger partial charge < -0.3 is 0 Å². The summed E-state index contributed by atoms with van der Waals surface area (Å²) in [6.07, 6.45) is 3.60. The number of alkyl halides is 1. The summed E-state index contributed by atoms with van der Waals surface area (Å²) in [6.45, 7) is 4.36. The molecule has 13 heavy (non-hydrogen) atoms. The molecule has 0 radical (unpaired) electrons. The van der Waals surface area contributed by atoms with Crippen molar-refractivity contribution in [2.24, 2.45) is 5.92 Å². The molecule has 1 heterocycles. The molecule has 0 N–H and O–H groups in total. The Balaban J connectivity index is 2.19. The van der Waals surface area contributed by atoms with E-state index in [2.05, 4.69) is 31.4 Å². The van der Waals surface area contributed by atoms with E-state index in [-0.39, 0.29) is 0 Å². The third-order valence-corrected chi connectivity index (χ3v) is 3.31. The Hall–Kier alpha value is -0.0100. The van der Waals surface area contributed by atoms with Crippen molar-refractivity contribution >= 4 is 22.9 Å². The lowest BCUT2D eigenvalue weighted by Crippen LogP contribution is -2.03. The Labute approximate surface area is 89.9 Å². The third-order valence-electron chi connectivity index (χ3n) is 2.19. The predicted octanol–water partition coefficient (Wildman–Crippen LogP) is 4.33. The fraction of sp³-hybridized carbons (Fsp3) is 0.636. The number of hydrogen-bond acceptors (Lipinski definition) is 1. The summed E-state index contributed by atoms with van der Waals surface area (Å²) in [5.41, 5.74) is 0. The molecule has 1 aromatic rings. The molecule has 2 atom stereocenters. The molecule has 1 aromatic heterocycles. The van der Waals surface area contributed by atoms with Crippen LogP contribution in [-0.2, 0) is 6.42 Å². The Morgan fingerprint density at radius 2 is 2.23 bits per heavy atom. The summed E-state index contributed by atoms with van der Waals surface area (Å²) >= 11 is 7.79. The Morgan fingerprint density at radius 1 is 1.46 bits per heavy atom. The molecule has 1 rings (SSSR count). The van der Waals surface area contributed by atoms with Crippen LogP contribution in [-0.4, -0.2) is 5.38 Å². The molecule has 0 amide bonds. The fourth-order valence-electron chi connectivity index (χ4n) is 1.52. The van der Waals surface area contributed by atoms with Crippen molar-refractivity contribution in [3.05, 3.63) is 22.4 Å². The van der Waals surface area contributed by atoms with Gasteiger partial charge in [0.25, 0.3) is 0 Å². The van der Waals surface area contributed by atoms with Crippen LogP contribution >= 0.6 is 22.9 Å². The van der Waals surface area contributed by atoms with Crippen LogP contribution in [0.4, 0.5) is 0 Å². The van der Waals surface area contributed by atoms with Gasteiger partial charge in [-0.1, -0.05) is 13.0 Å². The second kappa shape index (κ2) is 5.66. The molecule has 0 bridgehead atoms. The summed E-state index contributed by atoms with van der Waals surface area (Å²) in [5.74, 6) is 0.745. The highest BCUT2D eigenvalue weighted by atomic mass is 35.5. The van der Waals surface area contributed by atoms with Gasteiger partial charge in [-0.15, -0.1) is 22.9 Å². The molecule has 0 aliphatic heterocycles. The van der Waals surface area contributed by atoms with Crippen molar-refractivity contribution in [3.63, 3.8) is 0 Å². The highest BCUT2D eigenvalue weighted by Crippen LogP contribution is 2.19. The zero-order valence-corrected chi connectivity index (χ0v) is 9.87. The number of halogens is 1. The van der Waals surface area contributed by atoms with Crippen molar-refractivity contribution in [1.82, 2.24) is 0 Å². The van der Waals surface area contributed by atoms with Crippen LogP contribution in [0.15, 0.2) is 17.5 Å². The topological polar surface area (TPSA) is 0 Å². The first-order chi connectivity index (χ1) is 6.18. The molecular weight excluding hydrogens is 200 g/mol. The summed E-state index contributed by atoms with van der Waals surface area (Å²) in [4.78, 5) is 1.49. The molecule has 0 spiro atoms. The normalized spacial score (nSPS) is 15.6. The SMILES string of the molecule is CC(Cl)CC(C)CCc1cccs1. The van der Waals surface area contributed by atoms with E-state index in [1.807, 2.05) is 11.3 Å². The van der Waals surface area contributed by atoms with Gasteiger partial charge in [0.1, 0.15) is 0 Å².